The van der Waals surface area contributed by atoms with Gasteiger partial charge in [0.25, 0.3) is 0 Å². The molecule has 0 radical (unpaired) electrons. The summed E-state index contributed by atoms with van der Waals surface area (Å²) in [4.78, 5) is 17.9. The summed E-state index contributed by atoms with van der Waals surface area (Å²) in [5.74, 6) is 0.119. The molecular formula is C23H29N3O. The smallest absolute Gasteiger partial charge is 0.221 e. The normalized spacial score (nSPS) is 11.4. The zero-order valence-corrected chi connectivity index (χ0v) is 16.2. The van der Waals surface area contributed by atoms with Gasteiger partial charge in [-0.1, -0.05) is 48.5 Å². The van der Waals surface area contributed by atoms with Crippen LogP contribution in [0.5, 0.6) is 0 Å². The molecule has 0 saturated carbocycles. The Morgan fingerprint density at radius 2 is 1.81 bits per heavy atom. The molecule has 1 aromatic heterocycles. The quantitative estimate of drug-likeness (QED) is 0.601. The van der Waals surface area contributed by atoms with Gasteiger partial charge in [0.15, 0.2) is 0 Å². The van der Waals surface area contributed by atoms with Gasteiger partial charge in [-0.3, -0.25) is 9.69 Å². The van der Waals surface area contributed by atoms with E-state index < -0.39 is 0 Å². The summed E-state index contributed by atoms with van der Waals surface area (Å²) in [7, 11) is 0. The molecule has 0 aliphatic heterocycles. The number of hydrogen-bond donors (Lipinski definition) is 2. The number of carbonyl (C=O) groups is 1. The second-order valence-corrected chi connectivity index (χ2v) is 7.26. The van der Waals surface area contributed by atoms with Gasteiger partial charge in [-0.15, -0.1) is 0 Å². The van der Waals surface area contributed by atoms with Crippen molar-refractivity contribution in [1.29, 1.82) is 0 Å². The fourth-order valence-corrected chi connectivity index (χ4v) is 3.35. The van der Waals surface area contributed by atoms with E-state index in [1.165, 1.54) is 16.5 Å². The molecule has 27 heavy (non-hydrogen) atoms. The van der Waals surface area contributed by atoms with Crippen molar-refractivity contribution in [3.8, 4) is 0 Å². The second kappa shape index (κ2) is 9.38. The molecule has 3 rings (SSSR count). The van der Waals surface area contributed by atoms with E-state index >= 15 is 0 Å². The van der Waals surface area contributed by atoms with Crippen molar-refractivity contribution < 1.29 is 4.79 Å². The highest BCUT2D eigenvalue weighted by Gasteiger charge is 2.12. The highest BCUT2D eigenvalue weighted by molar-refractivity contribution is 5.83. The lowest BCUT2D eigenvalue weighted by molar-refractivity contribution is -0.121. The van der Waals surface area contributed by atoms with Gasteiger partial charge in [-0.05, 0) is 37.5 Å². The van der Waals surface area contributed by atoms with Crippen molar-refractivity contribution in [1.82, 2.24) is 15.2 Å². The number of aromatic amines is 1. The van der Waals surface area contributed by atoms with Crippen LogP contribution in [0.3, 0.4) is 0 Å². The Labute approximate surface area is 161 Å². The minimum absolute atomic E-state index is 0.119. The van der Waals surface area contributed by atoms with Crippen LogP contribution in [0.15, 0.2) is 60.8 Å². The van der Waals surface area contributed by atoms with Crippen LogP contribution in [0.25, 0.3) is 10.9 Å². The van der Waals surface area contributed by atoms with E-state index in [1.54, 1.807) is 0 Å². The highest BCUT2D eigenvalue weighted by atomic mass is 16.1. The topological polar surface area (TPSA) is 48.1 Å². The predicted molar refractivity (Wildman–Crippen MR) is 112 cm³/mol. The van der Waals surface area contributed by atoms with E-state index in [1.807, 2.05) is 24.4 Å². The summed E-state index contributed by atoms with van der Waals surface area (Å²) >= 11 is 0. The minimum Gasteiger partial charge on any atom is -0.361 e. The van der Waals surface area contributed by atoms with Crippen molar-refractivity contribution in [2.24, 2.45) is 0 Å². The maximum Gasteiger partial charge on any atom is 0.221 e. The number of hydrogen-bond acceptors (Lipinski definition) is 2. The first-order chi connectivity index (χ1) is 13.1. The molecule has 2 N–H and O–H groups in total. The zero-order valence-electron chi connectivity index (χ0n) is 16.2. The lowest BCUT2D eigenvalue weighted by atomic mass is 10.1. The summed E-state index contributed by atoms with van der Waals surface area (Å²) in [6.07, 6.45) is 3.41. The molecule has 0 bridgehead atoms. The van der Waals surface area contributed by atoms with Crippen molar-refractivity contribution in [3.05, 3.63) is 71.9 Å². The largest absolute Gasteiger partial charge is 0.361 e. The summed E-state index contributed by atoms with van der Waals surface area (Å²) < 4.78 is 0. The van der Waals surface area contributed by atoms with Crippen LogP contribution in [0.1, 0.15) is 31.4 Å². The molecule has 1 amide bonds. The number of carbonyl (C=O) groups excluding carboxylic acids is 1. The number of rotatable bonds is 9. The molecule has 0 fully saturated rings. The lowest BCUT2D eigenvalue weighted by Gasteiger charge is -2.26. The van der Waals surface area contributed by atoms with Crippen LogP contribution in [-0.2, 0) is 17.8 Å². The van der Waals surface area contributed by atoms with E-state index in [0.717, 1.165) is 25.0 Å². The number of nitrogens with one attached hydrogen (secondary N) is 2. The average Bonchev–Trinajstić information content (AvgIpc) is 3.09. The molecule has 1 heterocycles. The molecule has 0 spiro atoms. The molecule has 0 saturated heterocycles. The molecule has 0 atom stereocenters. The molecule has 142 valence electrons. The van der Waals surface area contributed by atoms with Crippen molar-refractivity contribution in [2.75, 3.05) is 13.1 Å². The first-order valence-electron chi connectivity index (χ1n) is 9.73. The molecule has 0 unspecified atom stereocenters. The van der Waals surface area contributed by atoms with Gasteiger partial charge in [0, 0.05) is 49.2 Å². The lowest BCUT2D eigenvalue weighted by Crippen LogP contribution is -2.35. The van der Waals surface area contributed by atoms with E-state index in [9.17, 15) is 4.79 Å². The maximum atomic E-state index is 12.3. The number of aromatic nitrogens is 1. The van der Waals surface area contributed by atoms with Gasteiger partial charge in [-0.2, -0.15) is 0 Å². The number of fused-ring (bicyclic) bond motifs is 1. The zero-order chi connectivity index (χ0) is 19.1. The summed E-state index contributed by atoms with van der Waals surface area (Å²) in [5, 5.41) is 4.30. The van der Waals surface area contributed by atoms with Gasteiger partial charge in [0.1, 0.15) is 0 Å². The van der Waals surface area contributed by atoms with Gasteiger partial charge < -0.3 is 10.3 Å². The Bertz CT molecular complexity index is 854. The van der Waals surface area contributed by atoms with Crippen LogP contribution in [-0.4, -0.2) is 34.9 Å². The third-order valence-electron chi connectivity index (χ3n) is 4.98. The van der Waals surface area contributed by atoms with Crippen molar-refractivity contribution >= 4 is 16.8 Å². The Hall–Kier alpha value is -2.59. The van der Waals surface area contributed by atoms with Gasteiger partial charge in [0.2, 0.25) is 5.91 Å². The Morgan fingerprint density at radius 1 is 1.07 bits per heavy atom. The standard InChI is InChI=1S/C23H29N3O/c1-18(2)26(17-19-8-4-3-5-9-19)15-13-23(27)24-14-12-20-16-25-22-11-7-6-10-21(20)22/h3-11,16,18,25H,12-15,17H2,1-2H3,(H,24,27). The van der Waals surface area contributed by atoms with E-state index in [0.29, 0.717) is 19.0 Å². The van der Waals surface area contributed by atoms with E-state index in [2.05, 4.69) is 65.4 Å². The Balaban J connectivity index is 1.44. The second-order valence-electron chi connectivity index (χ2n) is 7.26. The van der Waals surface area contributed by atoms with Gasteiger partial charge in [0.05, 0.1) is 0 Å². The third kappa shape index (κ3) is 5.44. The summed E-state index contributed by atoms with van der Waals surface area (Å²) in [5.41, 5.74) is 3.68. The molecule has 2 aromatic carbocycles. The highest BCUT2D eigenvalue weighted by Crippen LogP contribution is 2.17. The van der Waals surface area contributed by atoms with Crippen LogP contribution in [0, 0.1) is 0 Å². The van der Waals surface area contributed by atoms with Crippen LogP contribution in [0.2, 0.25) is 0 Å². The number of para-hydroxylation sites is 1. The maximum absolute atomic E-state index is 12.3. The number of H-pyrrole nitrogens is 1. The number of amides is 1. The average molecular weight is 364 g/mol. The first-order valence-corrected chi connectivity index (χ1v) is 9.73. The molecule has 3 aromatic rings. The van der Waals surface area contributed by atoms with E-state index in [-0.39, 0.29) is 5.91 Å². The number of nitrogens with zero attached hydrogens (tertiary/aromatic N) is 1. The predicted octanol–water partition coefficient (Wildman–Crippen LogP) is 4.13. The Morgan fingerprint density at radius 3 is 2.59 bits per heavy atom. The SMILES string of the molecule is CC(C)N(CCC(=O)NCCc1c[nH]c2ccccc12)Cc1ccccc1. The summed E-state index contributed by atoms with van der Waals surface area (Å²) in [6.45, 7) is 6.67. The first kappa shape index (κ1) is 19.2. The molecule has 4 heteroatoms. The molecular weight excluding hydrogens is 334 g/mol. The fourth-order valence-electron chi connectivity index (χ4n) is 3.35. The van der Waals surface area contributed by atoms with Crippen LogP contribution in [0.4, 0.5) is 0 Å². The third-order valence-corrected chi connectivity index (χ3v) is 4.98. The summed E-state index contributed by atoms with van der Waals surface area (Å²) in [6, 6.07) is 19.1. The van der Waals surface area contributed by atoms with Gasteiger partial charge >= 0.3 is 0 Å². The van der Waals surface area contributed by atoms with Gasteiger partial charge in [-0.25, -0.2) is 0 Å². The Kier molecular flexibility index (Phi) is 6.66. The van der Waals surface area contributed by atoms with E-state index in [4.69, 9.17) is 0 Å². The molecule has 0 aliphatic carbocycles. The van der Waals surface area contributed by atoms with Crippen LogP contribution >= 0.6 is 0 Å². The fraction of sp³-hybridized carbons (Fsp3) is 0.348. The van der Waals surface area contributed by atoms with Crippen molar-refractivity contribution in [3.63, 3.8) is 0 Å². The number of benzene rings is 2. The van der Waals surface area contributed by atoms with Crippen LogP contribution < -0.4 is 5.32 Å². The molecule has 4 nitrogen and oxygen atoms in total. The molecule has 0 aliphatic rings. The van der Waals surface area contributed by atoms with Crippen molar-refractivity contribution in [2.45, 2.75) is 39.3 Å². The minimum atomic E-state index is 0.119. The monoisotopic (exact) mass is 363 g/mol.